The van der Waals surface area contributed by atoms with Crippen molar-refractivity contribution in [2.45, 2.75) is 32.6 Å². The molecule has 7 nitrogen and oxygen atoms in total. The maximum atomic E-state index is 10.5. The Morgan fingerprint density at radius 2 is 1.97 bits per heavy atom. The molecule has 0 aliphatic carbocycles. The highest BCUT2D eigenvalue weighted by atomic mass is 16.5. The van der Waals surface area contributed by atoms with Crippen LogP contribution < -0.4 is 14.9 Å². The molecule has 0 bridgehead atoms. The van der Waals surface area contributed by atoms with Gasteiger partial charge in [0.1, 0.15) is 36.2 Å². The summed E-state index contributed by atoms with van der Waals surface area (Å²) in [7, 11) is -0.890. The number of hydrogen-bond donors (Lipinski definition) is 2. The highest BCUT2D eigenvalue weighted by molar-refractivity contribution is 6.61. The molecule has 30 heavy (non-hydrogen) atoms. The average molecular weight is 408 g/mol. The van der Waals surface area contributed by atoms with E-state index in [1.165, 1.54) is 0 Å². The summed E-state index contributed by atoms with van der Waals surface area (Å²) in [6.45, 7) is 4.33. The monoisotopic (exact) mass is 408 g/mol. The predicted molar refractivity (Wildman–Crippen MR) is 112 cm³/mol. The van der Waals surface area contributed by atoms with Crippen molar-refractivity contribution >= 4 is 12.6 Å². The number of ether oxygens (including phenoxy) is 2. The van der Waals surface area contributed by atoms with E-state index in [9.17, 15) is 15.4 Å². The van der Waals surface area contributed by atoms with E-state index in [-0.39, 0.29) is 6.61 Å². The molecule has 2 heterocycles. The van der Waals surface area contributed by atoms with Crippen molar-refractivity contribution in [2.75, 3.05) is 19.7 Å². The lowest BCUT2D eigenvalue weighted by Gasteiger charge is -2.33. The Morgan fingerprint density at radius 3 is 2.73 bits per heavy atom. The van der Waals surface area contributed by atoms with Crippen molar-refractivity contribution in [3.05, 3.63) is 47.5 Å². The van der Waals surface area contributed by atoms with Crippen LogP contribution in [0.1, 0.15) is 30.9 Å². The lowest BCUT2D eigenvalue weighted by atomic mass is 9.80. The number of aliphatic hydroxyl groups is 1. The fraction of sp³-hybridized carbons (Fsp3) is 0.409. The molecule has 156 valence electrons. The van der Waals surface area contributed by atoms with Gasteiger partial charge in [-0.2, -0.15) is 5.26 Å². The Labute approximate surface area is 176 Å². The van der Waals surface area contributed by atoms with Gasteiger partial charge < -0.3 is 24.3 Å². The first kappa shape index (κ1) is 20.7. The molecule has 0 aromatic heterocycles. The minimum atomic E-state index is -0.890. The third kappa shape index (κ3) is 4.60. The molecule has 1 unspecified atom stereocenters. The lowest BCUT2D eigenvalue weighted by molar-refractivity contribution is -0.0423. The van der Waals surface area contributed by atoms with Gasteiger partial charge in [0, 0.05) is 19.2 Å². The van der Waals surface area contributed by atoms with Gasteiger partial charge in [0.2, 0.25) is 0 Å². The maximum absolute atomic E-state index is 10.5. The smallest absolute Gasteiger partial charge is 0.488 e. The van der Waals surface area contributed by atoms with Crippen LogP contribution in [0.4, 0.5) is 0 Å². The van der Waals surface area contributed by atoms with Crippen LogP contribution in [0.15, 0.2) is 36.4 Å². The van der Waals surface area contributed by atoms with Gasteiger partial charge in [0.25, 0.3) is 0 Å². The first-order valence-corrected chi connectivity index (χ1v) is 10.2. The van der Waals surface area contributed by atoms with Crippen LogP contribution in [0.3, 0.4) is 0 Å². The van der Waals surface area contributed by atoms with Gasteiger partial charge in [-0.3, -0.25) is 4.90 Å². The summed E-state index contributed by atoms with van der Waals surface area (Å²) in [5, 5.41) is 29.6. The van der Waals surface area contributed by atoms with Gasteiger partial charge in [-0.25, -0.2) is 0 Å². The fourth-order valence-corrected chi connectivity index (χ4v) is 3.78. The van der Waals surface area contributed by atoms with Gasteiger partial charge >= 0.3 is 7.12 Å². The minimum Gasteiger partial charge on any atom is -0.488 e. The molecule has 8 heteroatoms. The topological polar surface area (TPSA) is 95.2 Å². The van der Waals surface area contributed by atoms with Gasteiger partial charge in [0.15, 0.2) is 0 Å². The molecule has 2 N–H and O–H groups in total. The number of hydrogen-bond acceptors (Lipinski definition) is 7. The van der Waals surface area contributed by atoms with Crippen LogP contribution in [0.5, 0.6) is 17.2 Å². The third-order valence-corrected chi connectivity index (χ3v) is 5.71. The number of rotatable bonds is 6. The summed E-state index contributed by atoms with van der Waals surface area (Å²) in [5.41, 5.74) is 2.00. The van der Waals surface area contributed by atoms with Gasteiger partial charge in [0.05, 0.1) is 12.2 Å². The van der Waals surface area contributed by atoms with Gasteiger partial charge in [-0.05, 0) is 54.1 Å². The van der Waals surface area contributed by atoms with Crippen molar-refractivity contribution in [2.24, 2.45) is 5.92 Å². The second kappa shape index (κ2) is 9.06. The van der Waals surface area contributed by atoms with Crippen LogP contribution in [-0.4, -0.2) is 48.1 Å². The van der Waals surface area contributed by atoms with E-state index in [1.807, 2.05) is 11.0 Å². The largest absolute Gasteiger partial charge is 0.491 e. The number of aliphatic hydroxyl groups excluding tert-OH is 1. The van der Waals surface area contributed by atoms with Crippen molar-refractivity contribution in [3.8, 4) is 23.3 Å². The van der Waals surface area contributed by atoms with Crippen LogP contribution in [0.25, 0.3) is 0 Å². The Hall–Kier alpha value is -2.57. The van der Waals surface area contributed by atoms with Crippen molar-refractivity contribution in [3.63, 3.8) is 0 Å². The second-order valence-corrected chi connectivity index (χ2v) is 7.91. The van der Waals surface area contributed by atoms with E-state index in [0.29, 0.717) is 35.3 Å². The fourth-order valence-electron chi connectivity index (χ4n) is 3.78. The average Bonchev–Trinajstić information content (AvgIpc) is 3.13. The van der Waals surface area contributed by atoms with Crippen LogP contribution in [0.2, 0.25) is 0 Å². The summed E-state index contributed by atoms with van der Waals surface area (Å²) in [6.07, 6.45) is 1.41. The first-order valence-electron chi connectivity index (χ1n) is 10.2. The van der Waals surface area contributed by atoms with E-state index < -0.39 is 13.3 Å². The summed E-state index contributed by atoms with van der Waals surface area (Å²) >= 11 is 0. The number of piperidine rings is 1. The maximum Gasteiger partial charge on any atom is 0.491 e. The zero-order chi connectivity index (χ0) is 21.1. The molecule has 0 radical (unpaired) electrons. The second-order valence-electron chi connectivity index (χ2n) is 7.91. The Balaban J connectivity index is 1.42. The quantitative estimate of drug-likeness (QED) is 0.706. The zero-order valence-electron chi connectivity index (χ0n) is 17.0. The van der Waals surface area contributed by atoms with Crippen LogP contribution >= 0.6 is 0 Å². The molecular formula is C22H25BN2O5. The van der Waals surface area contributed by atoms with Gasteiger partial charge in [-0.15, -0.1) is 0 Å². The highest BCUT2D eigenvalue weighted by Gasteiger charge is 2.27. The van der Waals surface area contributed by atoms with Crippen molar-refractivity contribution in [1.82, 2.24) is 4.90 Å². The van der Waals surface area contributed by atoms with Crippen LogP contribution in [-0.2, 0) is 11.3 Å². The standard InChI is InChI=1S/C22H25BN2O5/c1-15-6-8-25(9-7-15)22(26)14-28-21-11-19(3-2-16(21)12-24)30-18-4-5-20-17(10-18)13-29-23(20)27/h2-5,10-11,15,22,26-27H,6-9,13-14H2,1H3. The molecule has 2 aliphatic rings. The minimum absolute atomic E-state index is 0.0839. The Morgan fingerprint density at radius 1 is 1.23 bits per heavy atom. The number of nitrogens with zero attached hydrogens (tertiary/aromatic N) is 2. The number of likely N-dealkylation sites (tertiary alicyclic amines) is 1. The predicted octanol–water partition coefficient (Wildman–Crippen LogP) is 2.00. The molecule has 2 aromatic rings. The van der Waals surface area contributed by atoms with Gasteiger partial charge in [-0.1, -0.05) is 13.0 Å². The van der Waals surface area contributed by atoms with E-state index in [1.54, 1.807) is 30.3 Å². The molecule has 2 aliphatic heterocycles. The first-order chi connectivity index (χ1) is 14.5. The molecule has 0 spiro atoms. The summed E-state index contributed by atoms with van der Waals surface area (Å²) in [6, 6.07) is 12.5. The zero-order valence-corrected chi connectivity index (χ0v) is 17.0. The molecule has 0 amide bonds. The van der Waals surface area contributed by atoms with E-state index >= 15 is 0 Å². The molecular weight excluding hydrogens is 383 g/mol. The number of benzene rings is 2. The molecule has 4 rings (SSSR count). The molecule has 1 fully saturated rings. The van der Waals surface area contributed by atoms with E-state index in [0.717, 1.165) is 37.0 Å². The number of fused-ring (bicyclic) bond motifs is 1. The lowest BCUT2D eigenvalue weighted by Crippen LogP contribution is -2.44. The summed E-state index contributed by atoms with van der Waals surface area (Å²) in [4.78, 5) is 2.01. The SMILES string of the molecule is CC1CCN(C(O)COc2cc(Oc3ccc4c(c3)COB4O)ccc2C#N)CC1. The summed E-state index contributed by atoms with van der Waals surface area (Å²) in [5.74, 6) is 2.18. The highest BCUT2D eigenvalue weighted by Crippen LogP contribution is 2.29. The Kier molecular flexibility index (Phi) is 6.25. The Bertz CT molecular complexity index is 940. The van der Waals surface area contributed by atoms with Crippen molar-refractivity contribution in [1.29, 1.82) is 5.26 Å². The molecule has 2 aromatic carbocycles. The molecule has 1 atom stereocenters. The van der Waals surface area contributed by atoms with E-state index in [2.05, 4.69) is 13.0 Å². The van der Waals surface area contributed by atoms with Crippen molar-refractivity contribution < 1.29 is 24.3 Å². The van der Waals surface area contributed by atoms with Crippen LogP contribution in [0, 0.1) is 17.2 Å². The normalized spacial score (nSPS) is 18.0. The van der Waals surface area contributed by atoms with E-state index in [4.69, 9.17) is 14.1 Å². The number of nitriles is 1. The molecule has 1 saturated heterocycles. The third-order valence-electron chi connectivity index (χ3n) is 5.71. The molecule has 0 saturated carbocycles. The summed E-state index contributed by atoms with van der Waals surface area (Å²) < 4.78 is 16.9.